The average Bonchev–Trinajstić information content (AvgIpc) is 2.11. The molecule has 12 heavy (non-hydrogen) atoms. The summed E-state index contributed by atoms with van der Waals surface area (Å²) in [7, 11) is 1.33. The number of hydrogen-bond acceptors (Lipinski definition) is 4. The third-order valence-electron chi connectivity index (χ3n) is 1.29. The van der Waals surface area contributed by atoms with Crippen LogP contribution in [0.15, 0.2) is 0 Å². The summed E-state index contributed by atoms with van der Waals surface area (Å²) in [4.78, 5) is 21.1. The van der Waals surface area contributed by atoms with Crippen LogP contribution >= 0.6 is 0 Å². The van der Waals surface area contributed by atoms with Gasteiger partial charge in [-0.1, -0.05) is 0 Å². The summed E-state index contributed by atoms with van der Waals surface area (Å²) in [5.74, 6) is -0.475. The summed E-state index contributed by atoms with van der Waals surface area (Å²) < 4.78 is 4.41. The zero-order chi connectivity index (χ0) is 9.40. The molecule has 5 heteroatoms. The van der Waals surface area contributed by atoms with E-state index in [1.54, 1.807) is 0 Å². The first-order chi connectivity index (χ1) is 5.70. The Bertz CT molecular complexity index is 141. The first-order valence-electron chi connectivity index (χ1n) is 3.74. The fourth-order valence-electron chi connectivity index (χ4n) is 0.635. The molecule has 0 aromatic carbocycles. The molecule has 0 aliphatic heterocycles. The van der Waals surface area contributed by atoms with Gasteiger partial charge in [-0.05, 0) is 6.42 Å². The topological polar surface area (TPSA) is 81.4 Å². The number of nitrogens with two attached hydrogens (primary N) is 1. The Hall–Kier alpha value is -1.10. The minimum atomic E-state index is -0.267. The zero-order valence-electron chi connectivity index (χ0n) is 7.13. The van der Waals surface area contributed by atoms with Crippen LogP contribution in [0.1, 0.15) is 12.8 Å². The largest absolute Gasteiger partial charge is 0.469 e. The molecule has 3 N–H and O–H groups in total. The van der Waals surface area contributed by atoms with Crippen LogP contribution in [-0.2, 0) is 14.3 Å². The molecule has 5 nitrogen and oxygen atoms in total. The smallest absolute Gasteiger partial charge is 0.305 e. The van der Waals surface area contributed by atoms with Crippen LogP contribution in [0, 0.1) is 0 Å². The van der Waals surface area contributed by atoms with E-state index in [9.17, 15) is 9.59 Å². The van der Waals surface area contributed by atoms with E-state index in [-0.39, 0.29) is 18.4 Å². The van der Waals surface area contributed by atoms with Crippen LogP contribution < -0.4 is 11.1 Å². The molecule has 0 aliphatic carbocycles. The average molecular weight is 174 g/mol. The van der Waals surface area contributed by atoms with E-state index in [1.807, 2.05) is 0 Å². The number of esters is 1. The van der Waals surface area contributed by atoms with Crippen molar-refractivity contribution in [3.8, 4) is 0 Å². The second-order valence-electron chi connectivity index (χ2n) is 2.23. The van der Waals surface area contributed by atoms with Crippen molar-refractivity contribution >= 4 is 11.9 Å². The molecule has 0 aromatic rings. The van der Waals surface area contributed by atoms with E-state index in [2.05, 4.69) is 10.1 Å². The van der Waals surface area contributed by atoms with Gasteiger partial charge in [0.2, 0.25) is 5.91 Å². The lowest BCUT2D eigenvalue weighted by Gasteiger charge is -2.01. The van der Waals surface area contributed by atoms with Crippen LogP contribution in [-0.4, -0.2) is 32.1 Å². The van der Waals surface area contributed by atoms with E-state index >= 15 is 0 Å². The minimum Gasteiger partial charge on any atom is -0.469 e. The number of hydrogen-bond donors (Lipinski definition) is 2. The monoisotopic (exact) mass is 174 g/mol. The summed E-state index contributed by atoms with van der Waals surface area (Å²) in [6, 6.07) is 0. The van der Waals surface area contributed by atoms with Crippen molar-refractivity contribution in [1.29, 1.82) is 0 Å². The maximum atomic E-state index is 10.6. The number of nitrogens with one attached hydrogen (secondary N) is 1. The van der Waals surface area contributed by atoms with Crippen LogP contribution in [0.2, 0.25) is 0 Å². The van der Waals surface area contributed by atoms with Crippen molar-refractivity contribution in [2.24, 2.45) is 5.73 Å². The Balaban J connectivity index is 3.21. The summed E-state index contributed by atoms with van der Waals surface area (Å²) in [5, 5.41) is 2.54. The van der Waals surface area contributed by atoms with E-state index in [0.29, 0.717) is 19.4 Å². The summed E-state index contributed by atoms with van der Waals surface area (Å²) in [6.07, 6.45) is 0.903. The lowest BCUT2D eigenvalue weighted by Crippen LogP contribution is -2.31. The molecule has 0 aromatic heterocycles. The molecule has 1 amide bonds. The molecule has 0 atom stereocenters. The van der Waals surface area contributed by atoms with Gasteiger partial charge in [0.15, 0.2) is 0 Å². The number of methoxy groups -OCH3 is 1. The fraction of sp³-hybridized carbons (Fsp3) is 0.714. The fourth-order valence-corrected chi connectivity index (χ4v) is 0.635. The first-order valence-corrected chi connectivity index (χ1v) is 3.74. The zero-order valence-corrected chi connectivity index (χ0v) is 7.13. The molecule has 70 valence electrons. The van der Waals surface area contributed by atoms with E-state index in [0.717, 1.165) is 0 Å². The highest BCUT2D eigenvalue weighted by Gasteiger charge is 2.00. The van der Waals surface area contributed by atoms with Gasteiger partial charge < -0.3 is 15.8 Å². The third kappa shape index (κ3) is 5.67. The van der Waals surface area contributed by atoms with Gasteiger partial charge in [-0.25, -0.2) is 0 Å². The van der Waals surface area contributed by atoms with Gasteiger partial charge >= 0.3 is 5.97 Å². The molecule has 0 saturated heterocycles. The van der Waals surface area contributed by atoms with Gasteiger partial charge in [-0.2, -0.15) is 0 Å². The van der Waals surface area contributed by atoms with Gasteiger partial charge in [-0.3, -0.25) is 9.59 Å². The van der Waals surface area contributed by atoms with Gasteiger partial charge in [-0.15, -0.1) is 0 Å². The molecular weight excluding hydrogens is 160 g/mol. The van der Waals surface area contributed by atoms with E-state index in [4.69, 9.17) is 5.73 Å². The summed E-state index contributed by atoms with van der Waals surface area (Å²) in [5.41, 5.74) is 5.04. The van der Waals surface area contributed by atoms with Crippen LogP contribution in [0.25, 0.3) is 0 Å². The molecule has 0 spiro atoms. The maximum Gasteiger partial charge on any atom is 0.305 e. The Morgan fingerprint density at radius 3 is 2.67 bits per heavy atom. The molecule has 0 aliphatic rings. The lowest BCUT2D eigenvalue weighted by molar-refractivity contribution is -0.140. The molecule has 0 bridgehead atoms. The van der Waals surface area contributed by atoms with Crippen molar-refractivity contribution in [1.82, 2.24) is 5.32 Å². The van der Waals surface area contributed by atoms with Gasteiger partial charge in [0.1, 0.15) is 0 Å². The van der Waals surface area contributed by atoms with Crippen LogP contribution in [0.5, 0.6) is 0 Å². The SMILES string of the molecule is COC(=O)CCCNC(=O)CN. The van der Waals surface area contributed by atoms with Gasteiger partial charge in [0, 0.05) is 13.0 Å². The maximum absolute atomic E-state index is 10.6. The Morgan fingerprint density at radius 2 is 2.17 bits per heavy atom. The second-order valence-corrected chi connectivity index (χ2v) is 2.23. The number of carbonyl (C=O) groups is 2. The predicted molar refractivity (Wildman–Crippen MR) is 43.3 cm³/mol. The van der Waals surface area contributed by atoms with Crippen molar-refractivity contribution in [3.05, 3.63) is 0 Å². The van der Waals surface area contributed by atoms with Crippen molar-refractivity contribution in [2.75, 3.05) is 20.2 Å². The Labute approximate surface area is 71.3 Å². The van der Waals surface area contributed by atoms with Crippen molar-refractivity contribution < 1.29 is 14.3 Å². The highest BCUT2D eigenvalue weighted by atomic mass is 16.5. The quantitative estimate of drug-likeness (QED) is 0.414. The molecule has 0 rings (SSSR count). The summed E-state index contributed by atoms with van der Waals surface area (Å²) >= 11 is 0. The first kappa shape index (κ1) is 10.9. The molecule has 0 fully saturated rings. The number of rotatable bonds is 5. The number of ether oxygens (including phenoxy) is 1. The van der Waals surface area contributed by atoms with E-state index in [1.165, 1.54) is 7.11 Å². The van der Waals surface area contributed by atoms with Crippen LogP contribution in [0.3, 0.4) is 0 Å². The van der Waals surface area contributed by atoms with E-state index < -0.39 is 0 Å². The Morgan fingerprint density at radius 1 is 1.50 bits per heavy atom. The standard InChI is InChI=1S/C7H14N2O3/c1-12-7(11)3-2-4-9-6(10)5-8/h2-5,8H2,1H3,(H,9,10). The molecule has 0 heterocycles. The highest BCUT2D eigenvalue weighted by molar-refractivity contribution is 5.77. The molecule has 0 unspecified atom stereocenters. The van der Waals surface area contributed by atoms with Crippen molar-refractivity contribution in [2.45, 2.75) is 12.8 Å². The van der Waals surface area contributed by atoms with Gasteiger partial charge in [0.05, 0.1) is 13.7 Å². The molecule has 0 saturated carbocycles. The van der Waals surface area contributed by atoms with Crippen molar-refractivity contribution in [3.63, 3.8) is 0 Å². The molecular formula is C7H14N2O3. The lowest BCUT2D eigenvalue weighted by atomic mass is 10.3. The molecule has 0 radical (unpaired) electrons. The predicted octanol–water partition coefficient (Wildman–Crippen LogP) is -0.985. The minimum absolute atomic E-state index is 0.0157. The summed E-state index contributed by atoms with van der Waals surface area (Å²) in [6.45, 7) is 0.448. The third-order valence-corrected chi connectivity index (χ3v) is 1.29. The highest BCUT2D eigenvalue weighted by Crippen LogP contribution is 1.88. The Kier molecular flexibility index (Phi) is 6.00. The second kappa shape index (κ2) is 6.60. The van der Waals surface area contributed by atoms with Crippen LogP contribution in [0.4, 0.5) is 0 Å². The number of amides is 1. The van der Waals surface area contributed by atoms with Gasteiger partial charge in [0.25, 0.3) is 0 Å². The normalized spacial score (nSPS) is 9.17. The number of carbonyl (C=O) groups excluding carboxylic acids is 2.